The van der Waals surface area contributed by atoms with Crippen molar-refractivity contribution in [2.75, 3.05) is 17.1 Å². The van der Waals surface area contributed by atoms with E-state index in [1.54, 1.807) is 12.2 Å². The van der Waals surface area contributed by atoms with Crippen molar-refractivity contribution in [2.45, 2.75) is 44.8 Å². The van der Waals surface area contributed by atoms with Crippen LogP contribution in [0.3, 0.4) is 0 Å². The molecule has 2 saturated heterocycles. The van der Waals surface area contributed by atoms with E-state index in [1.807, 2.05) is 55.5 Å². The minimum absolute atomic E-state index is 0.322. The van der Waals surface area contributed by atoms with Gasteiger partial charge >= 0.3 is 0 Å². The summed E-state index contributed by atoms with van der Waals surface area (Å²) in [5.74, 6) is -0.766. The molecule has 1 aliphatic carbocycles. The number of fused-ring (bicyclic) bond motifs is 2. The zero-order chi connectivity index (χ0) is 25.0. The second-order valence-corrected chi connectivity index (χ2v) is 10.5. The molecule has 1 aromatic heterocycles. The lowest BCUT2D eigenvalue weighted by Crippen LogP contribution is -2.37. The summed E-state index contributed by atoms with van der Waals surface area (Å²) < 4.78 is 5.32. The molecule has 2 fully saturated rings. The molecule has 0 unspecified atom stereocenters. The number of ether oxygens (including phenoxy) is 1. The first kappa shape index (κ1) is 22.8. The van der Waals surface area contributed by atoms with Crippen LogP contribution >= 0.6 is 11.3 Å². The van der Waals surface area contributed by atoms with E-state index >= 15 is 0 Å². The second-order valence-electron chi connectivity index (χ2n) is 9.40. The fourth-order valence-corrected chi connectivity index (χ4v) is 6.95. The van der Waals surface area contributed by atoms with E-state index < -0.39 is 24.0 Å². The third-order valence-corrected chi connectivity index (χ3v) is 8.67. The molecule has 3 aromatic rings. The van der Waals surface area contributed by atoms with Crippen LogP contribution in [0.2, 0.25) is 0 Å². The molecule has 0 radical (unpaired) electrons. The highest BCUT2D eigenvalue weighted by Crippen LogP contribution is 2.50. The number of nitrogens with zero attached hydrogens (tertiary/aromatic N) is 3. The number of imide groups is 1. The van der Waals surface area contributed by atoms with Gasteiger partial charge < -0.3 is 4.74 Å². The molecule has 182 valence electrons. The highest BCUT2D eigenvalue weighted by molar-refractivity contribution is 7.17. The van der Waals surface area contributed by atoms with Crippen LogP contribution in [0.15, 0.2) is 48.5 Å². The first-order valence-electron chi connectivity index (χ1n) is 12.1. The molecule has 3 atom stereocenters. The van der Waals surface area contributed by atoms with Crippen molar-refractivity contribution < 1.29 is 19.2 Å². The topological polar surface area (TPSA) is 82.9 Å². The molecule has 6 rings (SSSR count). The number of anilines is 2. The fourth-order valence-electron chi connectivity index (χ4n) is 5.60. The summed E-state index contributed by atoms with van der Waals surface area (Å²) in [7, 11) is 1.60. The van der Waals surface area contributed by atoms with Gasteiger partial charge in [-0.25, -0.2) is 9.96 Å². The number of amides is 2. The molecule has 3 heterocycles. The van der Waals surface area contributed by atoms with E-state index in [1.165, 1.54) is 16.2 Å². The maximum Gasteiger partial charge on any atom is 0.267 e. The molecule has 36 heavy (non-hydrogen) atoms. The normalized spacial score (nSPS) is 23.0. The number of hydroxylamine groups is 1. The molecule has 2 aromatic carbocycles. The number of benzene rings is 2. The van der Waals surface area contributed by atoms with Crippen LogP contribution in [0.1, 0.15) is 46.0 Å². The van der Waals surface area contributed by atoms with Gasteiger partial charge in [0.05, 0.1) is 24.4 Å². The number of para-hydroxylation sites is 1. The smallest absolute Gasteiger partial charge is 0.267 e. The van der Waals surface area contributed by atoms with E-state index in [9.17, 15) is 14.9 Å². The Morgan fingerprint density at radius 2 is 1.81 bits per heavy atom. The molecule has 2 amide bonds. The van der Waals surface area contributed by atoms with Crippen molar-refractivity contribution in [1.82, 2.24) is 0 Å². The fraction of sp³-hybridized carbons (Fsp3) is 0.321. The first-order valence-corrected chi connectivity index (χ1v) is 12.9. The molecule has 8 heteroatoms. The van der Waals surface area contributed by atoms with Crippen LogP contribution in [0.4, 0.5) is 10.7 Å². The number of nitriles is 1. The van der Waals surface area contributed by atoms with E-state index in [-0.39, 0.29) is 5.91 Å². The van der Waals surface area contributed by atoms with Gasteiger partial charge in [0.1, 0.15) is 22.7 Å². The van der Waals surface area contributed by atoms with Gasteiger partial charge in [-0.15, -0.1) is 11.3 Å². The molecule has 3 aliphatic rings. The van der Waals surface area contributed by atoms with Crippen molar-refractivity contribution in [2.24, 2.45) is 5.92 Å². The molecule has 0 N–H and O–H groups in total. The average Bonchev–Trinajstić information content (AvgIpc) is 3.54. The Hall–Kier alpha value is -3.67. The van der Waals surface area contributed by atoms with Gasteiger partial charge in [0.15, 0.2) is 6.10 Å². The number of aryl methyl sites for hydroxylation is 2. The summed E-state index contributed by atoms with van der Waals surface area (Å²) in [6, 6.07) is 17.0. The Morgan fingerprint density at radius 3 is 2.53 bits per heavy atom. The largest absolute Gasteiger partial charge is 0.497 e. The maximum absolute atomic E-state index is 14.0. The van der Waals surface area contributed by atoms with Gasteiger partial charge in [0, 0.05) is 4.88 Å². The Bertz CT molecular complexity index is 1410. The van der Waals surface area contributed by atoms with Crippen LogP contribution in [0, 0.1) is 24.2 Å². The molecule has 0 bridgehead atoms. The molecular formula is C28H25N3O4S. The van der Waals surface area contributed by atoms with E-state index in [4.69, 9.17) is 9.57 Å². The van der Waals surface area contributed by atoms with Crippen molar-refractivity contribution >= 4 is 33.8 Å². The third kappa shape index (κ3) is 3.34. The van der Waals surface area contributed by atoms with Crippen LogP contribution in [0.25, 0.3) is 0 Å². The lowest BCUT2D eigenvalue weighted by atomic mass is 9.90. The van der Waals surface area contributed by atoms with Crippen LogP contribution in [-0.2, 0) is 27.3 Å². The first-order chi connectivity index (χ1) is 17.5. The Labute approximate surface area is 213 Å². The van der Waals surface area contributed by atoms with Gasteiger partial charge in [0.25, 0.3) is 5.91 Å². The van der Waals surface area contributed by atoms with Crippen molar-refractivity contribution in [3.05, 3.63) is 75.7 Å². The lowest BCUT2D eigenvalue weighted by Gasteiger charge is -2.29. The predicted molar refractivity (Wildman–Crippen MR) is 136 cm³/mol. The van der Waals surface area contributed by atoms with Gasteiger partial charge in [-0.1, -0.05) is 30.3 Å². The number of thiophene rings is 1. The Balaban J connectivity index is 1.44. The molecule has 2 aliphatic heterocycles. The minimum atomic E-state index is -0.963. The molecule has 0 spiro atoms. The quantitative estimate of drug-likeness (QED) is 0.477. The summed E-state index contributed by atoms with van der Waals surface area (Å²) in [6.45, 7) is 1.98. The standard InChI is InChI=1S/C28H25N3O4S/c1-16-7-3-5-9-21(16)31-24(17-11-13-18(34-2)14-12-17)23-25(35-31)27(33)30(26(23)32)28-20(15-29)19-8-4-6-10-22(19)36-28/h3,5,7,9,11-14,23-25H,4,6,8,10H2,1-2H3/t23-,24-,25+/m0/s1. The number of hydrogen-bond donors (Lipinski definition) is 0. The third-order valence-electron chi connectivity index (χ3n) is 7.39. The van der Waals surface area contributed by atoms with Crippen molar-refractivity contribution in [3.8, 4) is 11.8 Å². The van der Waals surface area contributed by atoms with E-state index in [2.05, 4.69) is 6.07 Å². The molecule has 7 nitrogen and oxygen atoms in total. The lowest BCUT2D eigenvalue weighted by molar-refractivity contribution is -0.126. The van der Waals surface area contributed by atoms with Gasteiger partial charge in [-0.05, 0) is 67.5 Å². The Morgan fingerprint density at radius 1 is 1.06 bits per heavy atom. The van der Waals surface area contributed by atoms with Crippen LogP contribution in [-0.4, -0.2) is 25.0 Å². The summed E-state index contributed by atoms with van der Waals surface area (Å²) in [5.41, 5.74) is 4.10. The highest BCUT2D eigenvalue weighted by atomic mass is 32.1. The van der Waals surface area contributed by atoms with Crippen molar-refractivity contribution in [3.63, 3.8) is 0 Å². The van der Waals surface area contributed by atoms with Crippen LogP contribution in [0.5, 0.6) is 5.75 Å². The minimum Gasteiger partial charge on any atom is -0.497 e. The highest BCUT2D eigenvalue weighted by Gasteiger charge is 2.61. The zero-order valence-corrected chi connectivity index (χ0v) is 20.9. The summed E-state index contributed by atoms with van der Waals surface area (Å²) in [5, 5.41) is 12.1. The van der Waals surface area contributed by atoms with Gasteiger partial charge in [-0.2, -0.15) is 5.26 Å². The predicted octanol–water partition coefficient (Wildman–Crippen LogP) is 4.87. The van der Waals surface area contributed by atoms with Gasteiger partial charge in [-0.3, -0.25) is 14.4 Å². The number of hydrogen-bond acceptors (Lipinski definition) is 7. The number of carbonyl (C=O) groups excluding carboxylic acids is 2. The number of methoxy groups -OCH3 is 1. The Kier molecular flexibility index (Phi) is 5.55. The monoisotopic (exact) mass is 499 g/mol. The number of rotatable bonds is 4. The van der Waals surface area contributed by atoms with Crippen molar-refractivity contribution in [1.29, 1.82) is 5.26 Å². The second kappa shape index (κ2) is 8.77. The maximum atomic E-state index is 14.0. The number of carbonyl (C=O) groups is 2. The zero-order valence-electron chi connectivity index (χ0n) is 20.1. The van der Waals surface area contributed by atoms with E-state index in [0.717, 1.165) is 52.9 Å². The molecule has 0 saturated carbocycles. The van der Waals surface area contributed by atoms with E-state index in [0.29, 0.717) is 16.3 Å². The summed E-state index contributed by atoms with van der Waals surface area (Å²) in [6.07, 6.45) is 2.79. The molecular weight excluding hydrogens is 474 g/mol. The van der Waals surface area contributed by atoms with Crippen LogP contribution < -0.4 is 14.7 Å². The summed E-state index contributed by atoms with van der Waals surface area (Å²) >= 11 is 1.41. The SMILES string of the molecule is COc1ccc([C@H]2[C@@H]3C(=O)N(c4sc5c(c4C#N)CCCC5)C(=O)[C@@H]3ON2c2ccccc2C)cc1. The summed E-state index contributed by atoms with van der Waals surface area (Å²) in [4.78, 5) is 36.4. The van der Waals surface area contributed by atoms with Gasteiger partial charge in [0.2, 0.25) is 5.91 Å². The average molecular weight is 500 g/mol.